The molecule has 0 aromatic rings. The normalized spacial score (nSPS) is 12.0. The zero-order chi connectivity index (χ0) is 43.5. The lowest BCUT2D eigenvalue weighted by Gasteiger charge is -2.18. The summed E-state index contributed by atoms with van der Waals surface area (Å²) in [5.41, 5.74) is 0. The maximum absolute atomic E-state index is 12.7. The molecule has 5 heteroatoms. The molecule has 0 bridgehead atoms. The maximum atomic E-state index is 12.7. The van der Waals surface area contributed by atoms with Gasteiger partial charge in [0.05, 0.1) is 6.61 Å². The standard InChI is InChI=1S/C55H108O5/c1-4-7-10-13-16-19-21-23-25-26-27-28-29-31-33-35-38-41-44-47-50-58-51-53(60-55(57)49-46-43-40-36-18-15-12-9-6-3)52-59-54(56)48-45-42-39-37-34-32-30-24-22-20-17-14-11-8-5-2/h53H,4-52H2,1-3H3. The van der Waals surface area contributed by atoms with Gasteiger partial charge in [-0.25, -0.2) is 0 Å². The van der Waals surface area contributed by atoms with Crippen molar-refractivity contribution < 1.29 is 23.8 Å². The zero-order valence-electron chi connectivity index (χ0n) is 41.3. The average Bonchev–Trinajstić information content (AvgIpc) is 3.25. The highest BCUT2D eigenvalue weighted by Crippen LogP contribution is 2.17. The molecule has 358 valence electrons. The van der Waals surface area contributed by atoms with Crippen LogP contribution in [-0.2, 0) is 23.8 Å². The molecule has 0 N–H and O–H groups in total. The van der Waals surface area contributed by atoms with Gasteiger partial charge in [0.15, 0.2) is 6.10 Å². The molecule has 0 saturated carbocycles. The van der Waals surface area contributed by atoms with E-state index in [0.29, 0.717) is 26.1 Å². The largest absolute Gasteiger partial charge is 0.462 e. The molecule has 0 amide bonds. The van der Waals surface area contributed by atoms with Crippen molar-refractivity contribution in [2.75, 3.05) is 19.8 Å². The van der Waals surface area contributed by atoms with Crippen LogP contribution in [0.25, 0.3) is 0 Å². The first-order chi connectivity index (χ1) is 29.6. The number of carbonyl (C=O) groups is 2. The van der Waals surface area contributed by atoms with Crippen LogP contribution in [0.1, 0.15) is 316 Å². The fraction of sp³-hybridized carbons (Fsp3) is 0.964. The van der Waals surface area contributed by atoms with Crippen molar-refractivity contribution in [3.05, 3.63) is 0 Å². The molecule has 0 aromatic heterocycles. The third-order valence-electron chi connectivity index (χ3n) is 12.6. The molecule has 1 atom stereocenters. The van der Waals surface area contributed by atoms with E-state index in [9.17, 15) is 9.59 Å². The highest BCUT2D eigenvalue weighted by molar-refractivity contribution is 5.70. The van der Waals surface area contributed by atoms with Gasteiger partial charge in [0, 0.05) is 19.4 Å². The first-order valence-electron chi connectivity index (χ1n) is 27.6. The average molecular weight is 849 g/mol. The Balaban J connectivity index is 4.07. The van der Waals surface area contributed by atoms with E-state index in [4.69, 9.17) is 14.2 Å². The third kappa shape index (κ3) is 49.6. The van der Waals surface area contributed by atoms with Gasteiger partial charge in [0.25, 0.3) is 0 Å². The van der Waals surface area contributed by atoms with Crippen LogP contribution in [0.5, 0.6) is 0 Å². The van der Waals surface area contributed by atoms with Crippen LogP contribution in [0.4, 0.5) is 0 Å². The Labute approximate surface area is 376 Å². The molecule has 0 aliphatic heterocycles. The summed E-state index contributed by atoms with van der Waals surface area (Å²) in [6.07, 6.45) is 58.4. The molecule has 0 fully saturated rings. The molecule has 0 aromatic carbocycles. The van der Waals surface area contributed by atoms with Crippen LogP contribution in [0.3, 0.4) is 0 Å². The Morgan fingerprint density at radius 1 is 0.300 bits per heavy atom. The molecule has 5 nitrogen and oxygen atoms in total. The van der Waals surface area contributed by atoms with Gasteiger partial charge in [-0.3, -0.25) is 9.59 Å². The predicted octanol–water partition coefficient (Wildman–Crippen LogP) is 18.5. The van der Waals surface area contributed by atoms with Crippen LogP contribution in [-0.4, -0.2) is 37.9 Å². The van der Waals surface area contributed by atoms with Gasteiger partial charge >= 0.3 is 11.9 Å². The first kappa shape index (κ1) is 58.9. The monoisotopic (exact) mass is 849 g/mol. The summed E-state index contributed by atoms with van der Waals surface area (Å²) in [7, 11) is 0. The Morgan fingerprint density at radius 2 is 0.550 bits per heavy atom. The van der Waals surface area contributed by atoms with Gasteiger partial charge in [-0.2, -0.15) is 0 Å². The van der Waals surface area contributed by atoms with Crippen LogP contribution in [0.2, 0.25) is 0 Å². The fourth-order valence-corrected chi connectivity index (χ4v) is 8.51. The van der Waals surface area contributed by atoms with Crippen LogP contribution in [0.15, 0.2) is 0 Å². The quantitative estimate of drug-likeness (QED) is 0.0451. The zero-order valence-corrected chi connectivity index (χ0v) is 41.3. The minimum Gasteiger partial charge on any atom is -0.462 e. The van der Waals surface area contributed by atoms with Crippen molar-refractivity contribution in [3.63, 3.8) is 0 Å². The second kappa shape index (κ2) is 52.2. The van der Waals surface area contributed by atoms with E-state index >= 15 is 0 Å². The first-order valence-corrected chi connectivity index (χ1v) is 27.6. The number of ether oxygens (including phenoxy) is 3. The number of esters is 2. The van der Waals surface area contributed by atoms with Crippen molar-refractivity contribution >= 4 is 11.9 Å². The van der Waals surface area contributed by atoms with Gasteiger partial charge in [-0.05, 0) is 19.3 Å². The third-order valence-corrected chi connectivity index (χ3v) is 12.6. The molecule has 60 heavy (non-hydrogen) atoms. The van der Waals surface area contributed by atoms with Crippen molar-refractivity contribution in [1.29, 1.82) is 0 Å². The highest BCUT2D eigenvalue weighted by atomic mass is 16.6. The predicted molar refractivity (Wildman–Crippen MR) is 261 cm³/mol. The number of hydrogen-bond acceptors (Lipinski definition) is 5. The van der Waals surface area contributed by atoms with E-state index < -0.39 is 6.10 Å². The van der Waals surface area contributed by atoms with E-state index in [0.717, 1.165) is 32.1 Å². The lowest BCUT2D eigenvalue weighted by atomic mass is 10.0. The molecule has 0 aliphatic rings. The maximum Gasteiger partial charge on any atom is 0.306 e. The molecule has 0 spiro atoms. The van der Waals surface area contributed by atoms with Crippen LogP contribution >= 0.6 is 0 Å². The van der Waals surface area contributed by atoms with Gasteiger partial charge in [0.2, 0.25) is 0 Å². The van der Waals surface area contributed by atoms with E-state index in [1.54, 1.807) is 0 Å². The fourth-order valence-electron chi connectivity index (χ4n) is 8.51. The molecule has 0 aliphatic carbocycles. The van der Waals surface area contributed by atoms with Crippen LogP contribution in [0, 0.1) is 0 Å². The lowest BCUT2D eigenvalue weighted by molar-refractivity contribution is -0.163. The summed E-state index contributed by atoms with van der Waals surface area (Å²) in [4.78, 5) is 25.3. The lowest BCUT2D eigenvalue weighted by Crippen LogP contribution is -2.30. The summed E-state index contributed by atoms with van der Waals surface area (Å²) in [5, 5.41) is 0. The summed E-state index contributed by atoms with van der Waals surface area (Å²) < 4.78 is 17.4. The topological polar surface area (TPSA) is 61.8 Å². The molecule has 1 unspecified atom stereocenters. The summed E-state index contributed by atoms with van der Waals surface area (Å²) in [5.74, 6) is -0.373. The molecule has 0 radical (unpaired) electrons. The Hall–Kier alpha value is -1.10. The minimum atomic E-state index is -0.522. The summed E-state index contributed by atoms with van der Waals surface area (Å²) >= 11 is 0. The van der Waals surface area contributed by atoms with Gasteiger partial charge in [-0.1, -0.05) is 284 Å². The van der Waals surface area contributed by atoms with Gasteiger partial charge < -0.3 is 14.2 Å². The van der Waals surface area contributed by atoms with Crippen molar-refractivity contribution in [3.8, 4) is 0 Å². The SMILES string of the molecule is CCCCCCCCCCCCCCCCCCCCCCOCC(COC(=O)CCCCCCCCCCCCCCCCC)OC(=O)CCCCCCCCCCC. The molecular formula is C55H108O5. The van der Waals surface area contributed by atoms with E-state index in [1.807, 2.05) is 0 Å². The number of unbranched alkanes of at least 4 members (excludes halogenated alkanes) is 41. The van der Waals surface area contributed by atoms with Crippen molar-refractivity contribution in [2.24, 2.45) is 0 Å². The van der Waals surface area contributed by atoms with Crippen molar-refractivity contribution in [1.82, 2.24) is 0 Å². The Bertz CT molecular complexity index is 830. The Kier molecular flexibility index (Phi) is 51.3. The minimum absolute atomic E-state index is 0.0975. The molecule has 0 saturated heterocycles. The van der Waals surface area contributed by atoms with E-state index in [-0.39, 0.29) is 18.5 Å². The van der Waals surface area contributed by atoms with Crippen LogP contribution < -0.4 is 0 Å². The van der Waals surface area contributed by atoms with Crippen molar-refractivity contribution in [2.45, 2.75) is 322 Å². The molecular weight excluding hydrogens is 741 g/mol. The molecule has 0 rings (SSSR count). The number of hydrogen-bond donors (Lipinski definition) is 0. The summed E-state index contributed by atoms with van der Waals surface area (Å²) in [6.45, 7) is 7.90. The molecule has 0 heterocycles. The second-order valence-electron chi connectivity index (χ2n) is 18.9. The van der Waals surface area contributed by atoms with Gasteiger partial charge in [0.1, 0.15) is 6.61 Å². The smallest absolute Gasteiger partial charge is 0.306 e. The number of carbonyl (C=O) groups excluding carboxylic acids is 2. The highest BCUT2D eigenvalue weighted by Gasteiger charge is 2.17. The summed E-state index contributed by atoms with van der Waals surface area (Å²) in [6, 6.07) is 0. The van der Waals surface area contributed by atoms with E-state index in [1.165, 1.54) is 250 Å². The second-order valence-corrected chi connectivity index (χ2v) is 18.9. The number of rotatable bonds is 52. The Morgan fingerprint density at radius 3 is 0.850 bits per heavy atom. The van der Waals surface area contributed by atoms with E-state index in [2.05, 4.69) is 20.8 Å². The van der Waals surface area contributed by atoms with Gasteiger partial charge in [-0.15, -0.1) is 0 Å².